The molecule has 0 bridgehead atoms. The number of hydrogen-bond donors (Lipinski definition) is 0. The predicted octanol–water partition coefficient (Wildman–Crippen LogP) is 11.3. The first kappa shape index (κ1) is 30.9. The van der Waals surface area contributed by atoms with Gasteiger partial charge in [0.1, 0.15) is 5.65 Å². The molecular formula is C46H32N6. The monoisotopic (exact) mass is 668 g/mol. The van der Waals surface area contributed by atoms with Gasteiger partial charge >= 0.3 is 0 Å². The van der Waals surface area contributed by atoms with Crippen molar-refractivity contribution in [2.45, 2.75) is 13.8 Å². The maximum absolute atomic E-state index is 10.0. The van der Waals surface area contributed by atoms with Crippen LogP contribution in [0.15, 0.2) is 158 Å². The fourth-order valence-electron chi connectivity index (χ4n) is 7.50. The minimum atomic E-state index is 0.497. The second-order valence-corrected chi connectivity index (χ2v) is 12.6. The van der Waals surface area contributed by atoms with Crippen LogP contribution >= 0.6 is 0 Å². The Labute approximate surface area is 300 Å². The molecule has 0 aliphatic rings. The maximum atomic E-state index is 10.0. The molecule has 5 aromatic carbocycles. The zero-order valence-corrected chi connectivity index (χ0v) is 28.7. The quantitative estimate of drug-likeness (QED) is 0.165. The van der Waals surface area contributed by atoms with Gasteiger partial charge in [0.05, 0.1) is 45.3 Å². The number of rotatable bonds is 6. The molecule has 246 valence electrons. The Kier molecular flexibility index (Phi) is 7.53. The minimum Gasteiger partial charge on any atom is -0.309 e. The van der Waals surface area contributed by atoms with Crippen LogP contribution in [0.25, 0.3) is 83.3 Å². The Morgan fingerprint density at radius 2 is 1.42 bits per heavy atom. The third-order valence-electron chi connectivity index (χ3n) is 9.73. The van der Waals surface area contributed by atoms with E-state index in [2.05, 4.69) is 106 Å². The topological polar surface area (TPSA) is 72.3 Å². The van der Waals surface area contributed by atoms with Gasteiger partial charge in [-0.25, -0.2) is 15.0 Å². The lowest BCUT2D eigenvalue weighted by Gasteiger charge is -2.16. The van der Waals surface area contributed by atoms with Crippen LogP contribution in [-0.2, 0) is 0 Å². The maximum Gasteiger partial charge on any atom is 0.161 e. The Hall–Kier alpha value is -7.10. The summed E-state index contributed by atoms with van der Waals surface area (Å²) in [4.78, 5) is 15.2. The number of fused-ring (bicyclic) bond motifs is 7. The molecule has 0 saturated heterocycles. The highest BCUT2D eigenvalue weighted by atomic mass is 15.1. The van der Waals surface area contributed by atoms with Crippen molar-refractivity contribution in [3.05, 3.63) is 169 Å². The lowest BCUT2D eigenvalue weighted by molar-refractivity contribution is 1.12. The standard InChI is InChI=1S/C46H32N6/c1-3-15-30(4-2)38-28-39(50-45(49-38)33-19-9-8-16-31(33)29-47)36-20-10-12-23-40(36)52-44-34(35-22-14-27-48-46(35)52)25-26-42-43(44)37-21-11-13-24-41(37)51(42)32-17-6-5-7-18-32/h3-28H,1-2H3/b15-3-,30-4+. The molecule has 6 heteroatoms. The van der Waals surface area contributed by atoms with Crippen molar-refractivity contribution < 1.29 is 0 Å². The van der Waals surface area contributed by atoms with Crippen molar-refractivity contribution in [2.75, 3.05) is 0 Å². The van der Waals surface area contributed by atoms with Crippen molar-refractivity contribution in [3.8, 4) is 40.1 Å². The molecule has 0 aliphatic carbocycles. The molecule has 4 heterocycles. The van der Waals surface area contributed by atoms with E-state index in [1.54, 1.807) is 0 Å². The number of para-hydroxylation sites is 3. The summed E-state index contributed by atoms with van der Waals surface area (Å²) in [7, 11) is 0. The van der Waals surface area contributed by atoms with E-state index in [-0.39, 0.29) is 0 Å². The molecule has 52 heavy (non-hydrogen) atoms. The highest BCUT2D eigenvalue weighted by Gasteiger charge is 2.23. The van der Waals surface area contributed by atoms with Gasteiger partial charge in [-0.2, -0.15) is 5.26 Å². The Morgan fingerprint density at radius 1 is 0.673 bits per heavy atom. The molecule has 0 unspecified atom stereocenters. The summed E-state index contributed by atoms with van der Waals surface area (Å²) < 4.78 is 4.65. The third kappa shape index (κ3) is 4.83. The Bertz CT molecular complexity index is 2940. The van der Waals surface area contributed by atoms with Crippen molar-refractivity contribution in [2.24, 2.45) is 0 Å². The van der Waals surface area contributed by atoms with Gasteiger partial charge in [-0.05, 0) is 80.1 Å². The first-order chi connectivity index (χ1) is 25.7. The van der Waals surface area contributed by atoms with E-state index in [4.69, 9.17) is 15.0 Å². The molecule has 9 rings (SSSR count). The van der Waals surface area contributed by atoms with E-state index in [9.17, 15) is 5.26 Å². The van der Waals surface area contributed by atoms with Crippen LogP contribution in [0, 0.1) is 11.3 Å². The van der Waals surface area contributed by atoms with Crippen LogP contribution in [0.1, 0.15) is 25.1 Å². The smallest absolute Gasteiger partial charge is 0.161 e. The highest BCUT2D eigenvalue weighted by Crippen LogP contribution is 2.43. The number of allylic oxidation sites excluding steroid dienone is 4. The number of nitrogens with zero attached hydrogens (tertiary/aromatic N) is 6. The normalized spacial score (nSPS) is 12.1. The van der Waals surface area contributed by atoms with Crippen LogP contribution in [-0.4, -0.2) is 24.1 Å². The number of hydrogen-bond acceptors (Lipinski definition) is 4. The Balaban J connectivity index is 1.40. The van der Waals surface area contributed by atoms with Gasteiger partial charge in [0, 0.05) is 44.6 Å². The summed E-state index contributed by atoms with van der Waals surface area (Å²) in [5.74, 6) is 0.497. The molecule has 6 nitrogen and oxygen atoms in total. The van der Waals surface area contributed by atoms with Crippen LogP contribution < -0.4 is 0 Å². The summed E-state index contributed by atoms with van der Waals surface area (Å²) in [5.41, 5.74) is 10.9. The first-order valence-electron chi connectivity index (χ1n) is 17.3. The minimum absolute atomic E-state index is 0.497. The van der Waals surface area contributed by atoms with Crippen molar-refractivity contribution >= 4 is 49.3 Å². The number of aromatic nitrogens is 5. The van der Waals surface area contributed by atoms with E-state index in [1.165, 1.54) is 0 Å². The molecule has 0 amide bonds. The van der Waals surface area contributed by atoms with Crippen molar-refractivity contribution in [3.63, 3.8) is 0 Å². The third-order valence-corrected chi connectivity index (χ3v) is 9.73. The van der Waals surface area contributed by atoms with Crippen LogP contribution in [0.4, 0.5) is 0 Å². The van der Waals surface area contributed by atoms with Gasteiger partial charge in [-0.15, -0.1) is 0 Å². The van der Waals surface area contributed by atoms with Gasteiger partial charge < -0.3 is 4.57 Å². The highest BCUT2D eigenvalue weighted by molar-refractivity contribution is 6.26. The largest absolute Gasteiger partial charge is 0.309 e. The predicted molar refractivity (Wildman–Crippen MR) is 213 cm³/mol. The molecule has 0 atom stereocenters. The van der Waals surface area contributed by atoms with E-state index < -0.39 is 0 Å². The molecular weight excluding hydrogens is 637 g/mol. The number of benzene rings is 5. The molecule has 9 aromatic rings. The summed E-state index contributed by atoms with van der Waals surface area (Å²) in [6.45, 7) is 4.01. The summed E-state index contributed by atoms with van der Waals surface area (Å²) >= 11 is 0. The van der Waals surface area contributed by atoms with Crippen molar-refractivity contribution in [1.82, 2.24) is 24.1 Å². The molecule has 0 aliphatic heterocycles. The van der Waals surface area contributed by atoms with Crippen LogP contribution in [0.2, 0.25) is 0 Å². The van der Waals surface area contributed by atoms with Crippen LogP contribution in [0.5, 0.6) is 0 Å². The molecule has 0 fully saturated rings. The fraction of sp³-hybridized carbons (Fsp3) is 0.0435. The van der Waals surface area contributed by atoms with Crippen LogP contribution in [0.3, 0.4) is 0 Å². The Morgan fingerprint density at radius 3 is 2.25 bits per heavy atom. The van der Waals surface area contributed by atoms with E-state index in [0.29, 0.717) is 17.0 Å². The number of pyridine rings is 1. The van der Waals surface area contributed by atoms with E-state index >= 15 is 0 Å². The van der Waals surface area contributed by atoms with Gasteiger partial charge in [-0.3, -0.25) is 4.57 Å². The second-order valence-electron chi connectivity index (χ2n) is 12.6. The lowest BCUT2D eigenvalue weighted by Crippen LogP contribution is -2.03. The average molecular weight is 669 g/mol. The zero-order chi connectivity index (χ0) is 35.2. The molecule has 0 radical (unpaired) electrons. The summed E-state index contributed by atoms with van der Waals surface area (Å²) in [6.07, 6.45) is 7.97. The van der Waals surface area contributed by atoms with Gasteiger partial charge in [0.15, 0.2) is 5.82 Å². The number of nitriles is 1. The lowest BCUT2D eigenvalue weighted by atomic mass is 10.0. The summed E-state index contributed by atoms with van der Waals surface area (Å²) in [5, 5.41) is 14.6. The van der Waals surface area contributed by atoms with E-state index in [0.717, 1.165) is 77.6 Å². The molecule has 0 N–H and O–H groups in total. The van der Waals surface area contributed by atoms with Gasteiger partial charge in [0.25, 0.3) is 0 Å². The average Bonchev–Trinajstić information content (AvgIpc) is 3.73. The van der Waals surface area contributed by atoms with Crippen molar-refractivity contribution in [1.29, 1.82) is 5.26 Å². The fourth-order valence-corrected chi connectivity index (χ4v) is 7.50. The zero-order valence-electron chi connectivity index (χ0n) is 28.7. The van der Waals surface area contributed by atoms with Gasteiger partial charge in [0.2, 0.25) is 0 Å². The summed E-state index contributed by atoms with van der Waals surface area (Å²) in [6, 6.07) is 48.0. The molecule has 0 saturated carbocycles. The second kappa shape index (κ2) is 12.7. The van der Waals surface area contributed by atoms with Gasteiger partial charge in [-0.1, -0.05) is 91.0 Å². The van der Waals surface area contributed by atoms with E-state index in [1.807, 2.05) is 80.7 Å². The SMILES string of the molecule is C/C=C\C(=C/C)c1cc(-c2ccccc2-n2c3ncccc3c3ccc4c(c5ccccc5n4-c4ccccc4)c32)nc(-c2ccccc2C#N)n1. The molecule has 4 aromatic heterocycles. The molecule has 0 spiro atoms. The first-order valence-corrected chi connectivity index (χ1v) is 17.3.